The third-order valence-electron chi connectivity index (χ3n) is 3.64. The molecule has 0 spiro atoms. The van der Waals surface area contributed by atoms with Gasteiger partial charge < -0.3 is 0 Å². The molecule has 1 fully saturated rings. The second kappa shape index (κ2) is 4.29. The topological polar surface area (TPSA) is 0 Å². The standard InChI is InChI=1S/C14H24Si/c1-15(2,3)11-13-9-6-8-12-7-4-5-10-14(12)13/h5,10-12,14H,4,6-9H2,1-3H3/b13-11-/t12-,14-/m0/s1. The maximum Gasteiger partial charge on any atom is 0.0686 e. The van der Waals surface area contributed by atoms with E-state index in [2.05, 4.69) is 37.5 Å². The van der Waals surface area contributed by atoms with Crippen molar-refractivity contribution in [1.82, 2.24) is 0 Å². The van der Waals surface area contributed by atoms with Crippen molar-refractivity contribution >= 4 is 8.07 Å². The molecule has 2 aliphatic rings. The SMILES string of the molecule is C[Si](C)(C)/C=C1/CCC[C@@H]2CCC=C[C@H]12. The molecule has 2 aliphatic carbocycles. The third kappa shape index (κ3) is 2.84. The van der Waals surface area contributed by atoms with Gasteiger partial charge in [0, 0.05) is 5.92 Å². The third-order valence-corrected chi connectivity index (χ3v) is 4.88. The quantitative estimate of drug-likeness (QED) is 0.449. The lowest BCUT2D eigenvalue weighted by atomic mass is 9.72. The summed E-state index contributed by atoms with van der Waals surface area (Å²) in [4.78, 5) is 0. The van der Waals surface area contributed by atoms with Crippen molar-refractivity contribution < 1.29 is 0 Å². The normalized spacial score (nSPS) is 34.2. The van der Waals surface area contributed by atoms with E-state index in [9.17, 15) is 0 Å². The maximum absolute atomic E-state index is 2.67. The minimum atomic E-state index is -1.02. The lowest BCUT2D eigenvalue weighted by Crippen LogP contribution is -2.26. The minimum Gasteiger partial charge on any atom is -0.0952 e. The van der Waals surface area contributed by atoms with Crippen LogP contribution in [-0.4, -0.2) is 8.07 Å². The van der Waals surface area contributed by atoms with Crippen LogP contribution in [0.2, 0.25) is 19.6 Å². The molecular formula is C14H24Si. The van der Waals surface area contributed by atoms with Crippen LogP contribution in [-0.2, 0) is 0 Å². The van der Waals surface area contributed by atoms with Gasteiger partial charge in [-0.3, -0.25) is 0 Å². The molecule has 0 aromatic rings. The molecule has 0 saturated heterocycles. The van der Waals surface area contributed by atoms with E-state index in [0.717, 1.165) is 11.8 Å². The molecule has 0 N–H and O–H groups in total. The first-order valence-electron chi connectivity index (χ1n) is 6.44. The van der Waals surface area contributed by atoms with Crippen molar-refractivity contribution in [3.8, 4) is 0 Å². The Balaban J connectivity index is 2.20. The van der Waals surface area contributed by atoms with Gasteiger partial charge in [-0.2, -0.15) is 0 Å². The molecule has 84 valence electrons. The van der Waals surface area contributed by atoms with Crippen LogP contribution >= 0.6 is 0 Å². The summed E-state index contributed by atoms with van der Waals surface area (Å²) in [5.41, 5.74) is 4.45. The molecule has 0 unspecified atom stereocenters. The summed E-state index contributed by atoms with van der Waals surface area (Å²) >= 11 is 0. The number of hydrogen-bond donors (Lipinski definition) is 0. The van der Waals surface area contributed by atoms with Crippen molar-refractivity contribution in [3.05, 3.63) is 23.4 Å². The smallest absolute Gasteiger partial charge is 0.0686 e. The van der Waals surface area contributed by atoms with E-state index < -0.39 is 8.07 Å². The van der Waals surface area contributed by atoms with Crippen LogP contribution in [0.1, 0.15) is 32.1 Å². The first kappa shape index (κ1) is 11.2. The molecule has 0 radical (unpaired) electrons. The summed E-state index contributed by atoms with van der Waals surface area (Å²) in [7, 11) is -1.02. The first-order chi connectivity index (χ1) is 7.06. The van der Waals surface area contributed by atoms with E-state index >= 15 is 0 Å². The molecule has 0 amide bonds. The molecule has 0 aromatic carbocycles. The highest BCUT2D eigenvalue weighted by Crippen LogP contribution is 2.40. The van der Waals surface area contributed by atoms with Crippen LogP contribution in [0.4, 0.5) is 0 Å². The summed E-state index contributed by atoms with van der Waals surface area (Å²) in [6.45, 7) is 7.36. The van der Waals surface area contributed by atoms with Gasteiger partial charge in [-0.1, -0.05) is 43.1 Å². The molecule has 0 aromatic heterocycles. The van der Waals surface area contributed by atoms with E-state index in [0.29, 0.717) is 0 Å². The van der Waals surface area contributed by atoms with Gasteiger partial charge in [0.25, 0.3) is 0 Å². The zero-order chi connectivity index (χ0) is 10.9. The highest BCUT2D eigenvalue weighted by atomic mass is 28.3. The Morgan fingerprint density at radius 1 is 1.27 bits per heavy atom. The Labute approximate surface area is 95.5 Å². The predicted molar refractivity (Wildman–Crippen MR) is 70.6 cm³/mol. The van der Waals surface area contributed by atoms with Gasteiger partial charge in [0.15, 0.2) is 0 Å². The molecule has 1 heteroatoms. The highest BCUT2D eigenvalue weighted by Gasteiger charge is 2.29. The average molecular weight is 220 g/mol. The van der Waals surface area contributed by atoms with Crippen LogP contribution in [0.15, 0.2) is 23.4 Å². The molecule has 0 nitrogen and oxygen atoms in total. The molecule has 0 heterocycles. The zero-order valence-corrected chi connectivity index (χ0v) is 11.4. The van der Waals surface area contributed by atoms with Crippen molar-refractivity contribution in [1.29, 1.82) is 0 Å². The summed E-state index contributed by atoms with van der Waals surface area (Å²) in [5, 5.41) is 0. The number of allylic oxidation sites excluding steroid dienone is 3. The van der Waals surface area contributed by atoms with E-state index in [1.165, 1.54) is 32.1 Å². The molecule has 0 bridgehead atoms. The summed E-state index contributed by atoms with van der Waals surface area (Å²) in [5.74, 6) is 1.80. The van der Waals surface area contributed by atoms with Gasteiger partial charge in [-0.15, -0.1) is 0 Å². The van der Waals surface area contributed by atoms with Crippen LogP contribution in [0, 0.1) is 11.8 Å². The van der Waals surface area contributed by atoms with Crippen LogP contribution in [0.25, 0.3) is 0 Å². The zero-order valence-electron chi connectivity index (χ0n) is 10.4. The van der Waals surface area contributed by atoms with E-state index in [4.69, 9.17) is 0 Å². The predicted octanol–water partition coefficient (Wildman–Crippen LogP) is 4.56. The maximum atomic E-state index is 2.67. The molecule has 15 heavy (non-hydrogen) atoms. The first-order valence-corrected chi connectivity index (χ1v) is 10.0. The van der Waals surface area contributed by atoms with Gasteiger partial charge in [0.05, 0.1) is 8.07 Å². The van der Waals surface area contributed by atoms with Crippen molar-refractivity contribution in [2.24, 2.45) is 11.8 Å². The van der Waals surface area contributed by atoms with E-state index in [1.807, 2.05) is 0 Å². The number of rotatable bonds is 1. The second-order valence-corrected chi connectivity index (χ2v) is 11.3. The lowest BCUT2D eigenvalue weighted by molar-refractivity contribution is 0.319. The molecule has 2 atom stereocenters. The Hall–Kier alpha value is -0.303. The van der Waals surface area contributed by atoms with Crippen LogP contribution < -0.4 is 0 Å². The summed E-state index contributed by atoms with van der Waals surface area (Å²) < 4.78 is 0. The molecule has 2 rings (SSSR count). The summed E-state index contributed by atoms with van der Waals surface area (Å²) in [6.07, 6.45) is 11.9. The van der Waals surface area contributed by atoms with Gasteiger partial charge >= 0.3 is 0 Å². The fourth-order valence-electron chi connectivity index (χ4n) is 3.10. The van der Waals surface area contributed by atoms with Crippen LogP contribution in [0.5, 0.6) is 0 Å². The van der Waals surface area contributed by atoms with Crippen molar-refractivity contribution in [3.63, 3.8) is 0 Å². The average Bonchev–Trinajstić information content (AvgIpc) is 2.16. The van der Waals surface area contributed by atoms with Crippen LogP contribution in [0.3, 0.4) is 0 Å². The minimum absolute atomic E-state index is 0.819. The fraction of sp³-hybridized carbons (Fsp3) is 0.714. The van der Waals surface area contributed by atoms with E-state index in [-0.39, 0.29) is 0 Å². The van der Waals surface area contributed by atoms with Gasteiger partial charge in [0.1, 0.15) is 0 Å². The van der Waals surface area contributed by atoms with Gasteiger partial charge in [0.2, 0.25) is 0 Å². The largest absolute Gasteiger partial charge is 0.0952 e. The Bertz CT molecular complexity index is 280. The lowest BCUT2D eigenvalue weighted by Gasteiger charge is -2.35. The van der Waals surface area contributed by atoms with E-state index in [1.54, 1.807) is 5.57 Å². The number of fused-ring (bicyclic) bond motifs is 1. The Morgan fingerprint density at radius 3 is 2.80 bits per heavy atom. The van der Waals surface area contributed by atoms with Gasteiger partial charge in [-0.05, 0) is 38.0 Å². The molecular weight excluding hydrogens is 196 g/mol. The Morgan fingerprint density at radius 2 is 2.07 bits per heavy atom. The summed E-state index contributed by atoms with van der Waals surface area (Å²) in [6, 6.07) is 0. The monoisotopic (exact) mass is 220 g/mol. The van der Waals surface area contributed by atoms with Crippen molar-refractivity contribution in [2.75, 3.05) is 0 Å². The molecule has 1 saturated carbocycles. The van der Waals surface area contributed by atoms with Crippen molar-refractivity contribution in [2.45, 2.75) is 51.7 Å². The number of hydrogen-bond acceptors (Lipinski definition) is 0. The van der Waals surface area contributed by atoms with Gasteiger partial charge in [-0.25, -0.2) is 0 Å². The second-order valence-electron chi connectivity index (χ2n) is 6.27. The Kier molecular flexibility index (Phi) is 3.20. The fourth-order valence-corrected chi connectivity index (χ4v) is 4.55. The molecule has 0 aliphatic heterocycles. The highest BCUT2D eigenvalue weighted by molar-refractivity contribution is 6.81.